The van der Waals surface area contributed by atoms with Crippen LogP contribution in [0.2, 0.25) is 0 Å². The minimum atomic E-state index is -0.922. The Morgan fingerprint density at radius 2 is 1.80 bits per heavy atom. The fraction of sp³-hybridized carbons (Fsp3) is 0.833. The van der Waals surface area contributed by atoms with Gasteiger partial charge in [-0.2, -0.15) is 5.26 Å². The molecule has 0 rings (SSSR count). The summed E-state index contributed by atoms with van der Waals surface area (Å²) in [5.74, 6) is 0. The van der Waals surface area contributed by atoms with Crippen molar-refractivity contribution in [2.75, 3.05) is 19.4 Å². The third-order valence-corrected chi connectivity index (χ3v) is 2.24. The van der Waals surface area contributed by atoms with Gasteiger partial charge in [0.25, 0.3) is 0 Å². The summed E-state index contributed by atoms with van der Waals surface area (Å²) in [6.45, 7) is 5.03. The number of rotatable bonds is 5. The van der Waals surface area contributed by atoms with Crippen molar-refractivity contribution in [3.05, 3.63) is 0 Å². The Kier molecular flexibility index (Phi) is 6.84. The Balaban J connectivity index is 3.42. The number of hydrogen-bond donors (Lipinski definition) is 0. The average molecular weight is 161 g/mol. The Morgan fingerprint density at radius 3 is 2.10 bits per heavy atom. The van der Waals surface area contributed by atoms with Gasteiger partial charge in [0.15, 0.2) is 8.38 Å². The third-order valence-electron chi connectivity index (χ3n) is 0.746. The number of hydrogen-bond acceptors (Lipinski definition) is 3. The van der Waals surface area contributed by atoms with Crippen LogP contribution < -0.4 is 0 Å². The molecule has 3 nitrogen and oxygen atoms in total. The summed E-state index contributed by atoms with van der Waals surface area (Å²) < 4.78 is 10.3. The van der Waals surface area contributed by atoms with E-state index in [9.17, 15) is 0 Å². The lowest BCUT2D eigenvalue weighted by Crippen LogP contribution is -1.92. The molecule has 0 heterocycles. The third kappa shape index (κ3) is 4.69. The lowest BCUT2D eigenvalue weighted by molar-refractivity contribution is 0.271. The van der Waals surface area contributed by atoms with Crippen molar-refractivity contribution in [3.63, 3.8) is 0 Å². The zero-order valence-corrected chi connectivity index (χ0v) is 7.23. The van der Waals surface area contributed by atoms with Gasteiger partial charge in [0.1, 0.15) is 6.16 Å². The molecule has 0 aliphatic rings. The van der Waals surface area contributed by atoms with Gasteiger partial charge in [0.05, 0.1) is 19.3 Å². The Morgan fingerprint density at radius 1 is 1.30 bits per heavy atom. The molecule has 0 unspecified atom stereocenters. The molecule has 0 atom stereocenters. The maximum atomic E-state index is 8.30. The second kappa shape index (κ2) is 6.95. The van der Waals surface area contributed by atoms with Gasteiger partial charge in [0, 0.05) is 0 Å². The van der Waals surface area contributed by atoms with Gasteiger partial charge >= 0.3 is 0 Å². The van der Waals surface area contributed by atoms with E-state index >= 15 is 0 Å². The largest absolute Gasteiger partial charge is 0.334 e. The van der Waals surface area contributed by atoms with E-state index in [0.717, 1.165) is 0 Å². The summed E-state index contributed by atoms with van der Waals surface area (Å²) in [7, 11) is -0.922. The molecule has 0 saturated carbocycles. The van der Waals surface area contributed by atoms with Crippen LogP contribution in [0, 0.1) is 11.3 Å². The normalized spacial score (nSPS) is 9.80. The molecular formula is C6H12NO2P. The van der Waals surface area contributed by atoms with Crippen molar-refractivity contribution in [1.82, 2.24) is 0 Å². The van der Waals surface area contributed by atoms with E-state index in [0.29, 0.717) is 19.4 Å². The van der Waals surface area contributed by atoms with Gasteiger partial charge in [-0.1, -0.05) is 0 Å². The second-order valence-corrected chi connectivity index (χ2v) is 2.98. The molecular weight excluding hydrogens is 149 g/mol. The molecule has 0 aliphatic heterocycles. The summed E-state index contributed by atoms with van der Waals surface area (Å²) in [4.78, 5) is 0. The van der Waals surface area contributed by atoms with E-state index in [1.54, 1.807) is 0 Å². The molecule has 0 spiro atoms. The lowest BCUT2D eigenvalue weighted by atomic mass is 10.9. The van der Waals surface area contributed by atoms with Crippen LogP contribution in [0.25, 0.3) is 0 Å². The Bertz CT molecular complexity index is 107. The van der Waals surface area contributed by atoms with Crippen LogP contribution in [-0.2, 0) is 9.05 Å². The van der Waals surface area contributed by atoms with Crippen LogP contribution in [-0.4, -0.2) is 19.4 Å². The Labute approximate surface area is 62.9 Å². The first kappa shape index (κ1) is 9.84. The first-order valence-electron chi connectivity index (χ1n) is 3.25. The average Bonchev–Trinajstić information content (AvgIpc) is 1.90. The van der Waals surface area contributed by atoms with Crippen molar-refractivity contribution in [3.8, 4) is 6.07 Å². The van der Waals surface area contributed by atoms with Crippen molar-refractivity contribution in [2.45, 2.75) is 13.8 Å². The van der Waals surface area contributed by atoms with E-state index in [2.05, 4.69) is 0 Å². The molecule has 0 aromatic carbocycles. The summed E-state index contributed by atoms with van der Waals surface area (Å²) in [6.07, 6.45) is 0.372. The van der Waals surface area contributed by atoms with Gasteiger partial charge in [-0.15, -0.1) is 0 Å². The SMILES string of the molecule is CCOP(CC#N)OCC. The maximum Gasteiger partial charge on any atom is 0.185 e. The summed E-state index contributed by atoms with van der Waals surface area (Å²) in [6, 6.07) is 2.02. The zero-order chi connectivity index (χ0) is 7.82. The van der Waals surface area contributed by atoms with Crippen LogP contribution in [0.4, 0.5) is 0 Å². The van der Waals surface area contributed by atoms with Crippen molar-refractivity contribution in [2.24, 2.45) is 0 Å². The quantitative estimate of drug-likeness (QED) is 0.578. The van der Waals surface area contributed by atoms with E-state index in [-0.39, 0.29) is 0 Å². The highest BCUT2D eigenvalue weighted by atomic mass is 31.2. The molecule has 0 aliphatic carbocycles. The van der Waals surface area contributed by atoms with Crippen LogP contribution in [0.15, 0.2) is 0 Å². The van der Waals surface area contributed by atoms with Crippen molar-refractivity contribution < 1.29 is 9.05 Å². The van der Waals surface area contributed by atoms with Crippen molar-refractivity contribution >= 4 is 8.38 Å². The van der Waals surface area contributed by atoms with Gasteiger partial charge in [-0.3, -0.25) is 0 Å². The van der Waals surface area contributed by atoms with Crippen LogP contribution in [0.1, 0.15) is 13.8 Å². The van der Waals surface area contributed by atoms with E-state index in [1.807, 2.05) is 19.9 Å². The van der Waals surface area contributed by atoms with Crippen molar-refractivity contribution in [1.29, 1.82) is 5.26 Å². The molecule has 58 valence electrons. The number of nitriles is 1. The predicted molar refractivity (Wildman–Crippen MR) is 40.7 cm³/mol. The molecule has 0 amide bonds. The summed E-state index contributed by atoms with van der Waals surface area (Å²) in [5, 5.41) is 8.30. The van der Waals surface area contributed by atoms with Crippen LogP contribution in [0.3, 0.4) is 0 Å². The highest BCUT2D eigenvalue weighted by Crippen LogP contribution is 2.36. The fourth-order valence-electron chi connectivity index (χ4n) is 0.474. The molecule has 10 heavy (non-hydrogen) atoms. The van der Waals surface area contributed by atoms with Crippen LogP contribution >= 0.6 is 8.38 Å². The molecule has 4 heteroatoms. The predicted octanol–water partition coefficient (Wildman–Crippen LogP) is 1.89. The van der Waals surface area contributed by atoms with Gasteiger partial charge in [-0.05, 0) is 13.8 Å². The van der Waals surface area contributed by atoms with Gasteiger partial charge < -0.3 is 9.05 Å². The molecule has 0 fully saturated rings. The Hall–Kier alpha value is -0.160. The lowest BCUT2D eigenvalue weighted by Gasteiger charge is -2.10. The topological polar surface area (TPSA) is 42.2 Å². The van der Waals surface area contributed by atoms with Gasteiger partial charge in [0.2, 0.25) is 0 Å². The van der Waals surface area contributed by atoms with E-state index < -0.39 is 8.38 Å². The molecule has 0 N–H and O–H groups in total. The van der Waals surface area contributed by atoms with Gasteiger partial charge in [-0.25, -0.2) is 0 Å². The van der Waals surface area contributed by atoms with E-state index in [4.69, 9.17) is 14.3 Å². The minimum absolute atomic E-state index is 0.372. The molecule has 0 aromatic rings. The second-order valence-electron chi connectivity index (χ2n) is 1.48. The first-order valence-corrected chi connectivity index (χ1v) is 4.61. The molecule has 0 saturated heterocycles. The molecule has 0 aromatic heterocycles. The highest BCUT2D eigenvalue weighted by Gasteiger charge is 2.06. The standard InChI is InChI=1S/C6H12NO2P/c1-3-8-10(6-5-7)9-4-2/h3-4,6H2,1-2H3. The monoisotopic (exact) mass is 161 g/mol. The summed E-state index contributed by atoms with van der Waals surface area (Å²) >= 11 is 0. The van der Waals surface area contributed by atoms with Crippen LogP contribution in [0.5, 0.6) is 0 Å². The fourth-order valence-corrected chi connectivity index (χ4v) is 1.42. The summed E-state index contributed by atoms with van der Waals surface area (Å²) in [5.41, 5.74) is 0. The molecule has 0 bridgehead atoms. The van der Waals surface area contributed by atoms with E-state index in [1.165, 1.54) is 0 Å². The smallest absolute Gasteiger partial charge is 0.185 e. The number of nitrogens with zero attached hydrogens (tertiary/aromatic N) is 1. The molecule has 0 radical (unpaired) electrons. The minimum Gasteiger partial charge on any atom is -0.334 e. The highest BCUT2D eigenvalue weighted by molar-refractivity contribution is 7.47. The maximum absolute atomic E-state index is 8.30. The first-order chi connectivity index (χ1) is 4.85. The zero-order valence-electron chi connectivity index (χ0n) is 6.33.